The summed E-state index contributed by atoms with van der Waals surface area (Å²) in [5.74, 6) is -2.67. The molecule has 2 rings (SSSR count). The Balaban J connectivity index is 2.19. The maximum absolute atomic E-state index is 13.3. The summed E-state index contributed by atoms with van der Waals surface area (Å²) in [7, 11) is 0. The van der Waals surface area contributed by atoms with Crippen molar-refractivity contribution in [1.82, 2.24) is 0 Å². The van der Waals surface area contributed by atoms with Gasteiger partial charge in [0.05, 0.1) is 5.56 Å². The first kappa shape index (κ1) is 13.0. The predicted molar refractivity (Wildman–Crippen MR) is 64.1 cm³/mol. The van der Waals surface area contributed by atoms with Crippen LogP contribution in [0.4, 0.5) is 8.78 Å². The zero-order valence-electron chi connectivity index (χ0n) is 9.77. The van der Waals surface area contributed by atoms with Crippen molar-refractivity contribution < 1.29 is 23.4 Å². The number of carboxylic acid groups (broad SMARTS) is 1. The maximum Gasteiger partial charge on any atom is 0.336 e. The summed E-state index contributed by atoms with van der Waals surface area (Å²) in [5, 5.41) is 8.97. The van der Waals surface area contributed by atoms with E-state index in [1.807, 2.05) is 0 Å². The molecule has 0 aliphatic rings. The highest BCUT2D eigenvalue weighted by Crippen LogP contribution is 2.20. The van der Waals surface area contributed by atoms with E-state index in [4.69, 9.17) is 9.84 Å². The Hall–Kier alpha value is -2.43. The molecule has 0 bridgehead atoms. The second kappa shape index (κ2) is 5.48. The molecule has 1 N–H and O–H groups in total. The van der Waals surface area contributed by atoms with E-state index in [-0.39, 0.29) is 17.9 Å². The van der Waals surface area contributed by atoms with Crippen molar-refractivity contribution in [2.45, 2.75) is 6.61 Å². The van der Waals surface area contributed by atoms with Gasteiger partial charge in [-0.05, 0) is 18.2 Å². The van der Waals surface area contributed by atoms with Crippen LogP contribution in [-0.2, 0) is 6.61 Å². The van der Waals surface area contributed by atoms with Gasteiger partial charge in [-0.3, -0.25) is 0 Å². The standard InChI is InChI=1S/C14H10F2O3/c15-10-5-6-12(16)13(7-10)19-8-9-3-1-2-4-11(9)14(17)18/h1-7H,8H2,(H,17,18). The lowest BCUT2D eigenvalue weighted by Gasteiger charge is -2.09. The molecular formula is C14H10F2O3. The highest BCUT2D eigenvalue weighted by Gasteiger charge is 2.11. The maximum atomic E-state index is 13.3. The van der Waals surface area contributed by atoms with Gasteiger partial charge in [0.15, 0.2) is 11.6 Å². The molecule has 0 unspecified atom stereocenters. The molecule has 0 saturated carbocycles. The van der Waals surface area contributed by atoms with Gasteiger partial charge in [-0.1, -0.05) is 18.2 Å². The van der Waals surface area contributed by atoms with Crippen LogP contribution in [0.3, 0.4) is 0 Å². The average Bonchev–Trinajstić information content (AvgIpc) is 2.40. The van der Waals surface area contributed by atoms with Crippen LogP contribution < -0.4 is 4.74 Å². The molecule has 2 aromatic carbocycles. The molecule has 3 nitrogen and oxygen atoms in total. The molecule has 0 aromatic heterocycles. The number of benzene rings is 2. The van der Waals surface area contributed by atoms with Crippen molar-refractivity contribution in [2.24, 2.45) is 0 Å². The number of ether oxygens (including phenoxy) is 1. The van der Waals surface area contributed by atoms with Gasteiger partial charge < -0.3 is 9.84 Å². The van der Waals surface area contributed by atoms with Crippen LogP contribution in [0.5, 0.6) is 5.75 Å². The quantitative estimate of drug-likeness (QED) is 0.922. The van der Waals surface area contributed by atoms with E-state index in [1.54, 1.807) is 18.2 Å². The number of hydrogen-bond donors (Lipinski definition) is 1. The SMILES string of the molecule is O=C(O)c1ccccc1COc1cc(F)ccc1F. The van der Waals surface area contributed by atoms with Crippen LogP contribution in [0.1, 0.15) is 15.9 Å². The minimum Gasteiger partial charge on any atom is -0.486 e. The highest BCUT2D eigenvalue weighted by molar-refractivity contribution is 5.89. The predicted octanol–water partition coefficient (Wildman–Crippen LogP) is 3.24. The van der Waals surface area contributed by atoms with E-state index < -0.39 is 17.6 Å². The zero-order valence-corrected chi connectivity index (χ0v) is 9.77. The Kier molecular flexibility index (Phi) is 3.75. The van der Waals surface area contributed by atoms with E-state index >= 15 is 0 Å². The summed E-state index contributed by atoms with van der Waals surface area (Å²) in [5.41, 5.74) is 0.456. The van der Waals surface area contributed by atoms with Crippen molar-refractivity contribution in [1.29, 1.82) is 0 Å². The molecular weight excluding hydrogens is 254 g/mol. The van der Waals surface area contributed by atoms with E-state index in [0.29, 0.717) is 5.56 Å². The van der Waals surface area contributed by atoms with E-state index in [0.717, 1.165) is 18.2 Å². The smallest absolute Gasteiger partial charge is 0.336 e. The number of hydrogen-bond acceptors (Lipinski definition) is 2. The third-order valence-corrected chi connectivity index (χ3v) is 2.52. The molecule has 19 heavy (non-hydrogen) atoms. The molecule has 2 aromatic rings. The first-order valence-electron chi connectivity index (χ1n) is 5.47. The van der Waals surface area contributed by atoms with Crippen LogP contribution >= 0.6 is 0 Å². The van der Waals surface area contributed by atoms with Crippen LogP contribution in [0.2, 0.25) is 0 Å². The van der Waals surface area contributed by atoms with Gasteiger partial charge in [0.1, 0.15) is 12.4 Å². The van der Waals surface area contributed by atoms with Gasteiger partial charge in [0.25, 0.3) is 0 Å². The second-order valence-corrected chi connectivity index (χ2v) is 3.83. The van der Waals surface area contributed by atoms with Gasteiger partial charge >= 0.3 is 5.97 Å². The van der Waals surface area contributed by atoms with Crippen molar-refractivity contribution in [3.63, 3.8) is 0 Å². The molecule has 0 heterocycles. The Morgan fingerprint density at radius 3 is 2.63 bits per heavy atom. The summed E-state index contributed by atoms with van der Waals surface area (Å²) in [4.78, 5) is 11.0. The number of carbonyl (C=O) groups is 1. The number of aromatic carboxylic acids is 1. The summed E-state index contributed by atoms with van der Waals surface area (Å²) in [6, 6.07) is 9.05. The van der Waals surface area contributed by atoms with Crippen molar-refractivity contribution in [2.75, 3.05) is 0 Å². The lowest BCUT2D eigenvalue weighted by Crippen LogP contribution is -2.06. The molecule has 0 aliphatic carbocycles. The fourth-order valence-electron chi connectivity index (χ4n) is 1.60. The first-order chi connectivity index (χ1) is 9.08. The van der Waals surface area contributed by atoms with E-state index in [2.05, 4.69) is 0 Å². The summed E-state index contributed by atoms with van der Waals surface area (Å²) >= 11 is 0. The van der Waals surface area contributed by atoms with E-state index in [9.17, 15) is 13.6 Å². The van der Waals surface area contributed by atoms with Crippen molar-refractivity contribution in [3.05, 3.63) is 65.2 Å². The van der Waals surface area contributed by atoms with Gasteiger partial charge in [0, 0.05) is 11.6 Å². The Labute approximate surface area is 108 Å². The zero-order chi connectivity index (χ0) is 13.8. The van der Waals surface area contributed by atoms with Crippen LogP contribution in [0.15, 0.2) is 42.5 Å². The lowest BCUT2D eigenvalue weighted by molar-refractivity contribution is 0.0694. The number of rotatable bonds is 4. The fourth-order valence-corrected chi connectivity index (χ4v) is 1.60. The molecule has 0 radical (unpaired) electrons. The summed E-state index contributed by atoms with van der Waals surface area (Å²) < 4.78 is 31.4. The van der Waals surface area contributed by atoms with Gasteiger partial charge in [0.2, 0.25) is 0 Å². The third-order valence-electron chi connectivity index (χ3n) is 2.52. The topological polar surface area (TPSA) is 46.5 Å². The number of carboxylic acids is 1. The largest absolute Gasteiger partial charge is 0.486 e. The Bertz CT molecular complexity index is 611. The highest BCUT2D eigenvalue weighted by atomic mass is 19.1. The molecule has 0 amide bonds. The summed E-state index contributed by atoms with van der Waals surface area (Å²) in [6.45, 7) is -0.150. The third kappa shape index (κ3) is 3.07. The number of halogens is 2. The van der Waals surface area contributed by atoms with Crippen molar-refractivity contribution >= 4 is 5.97 Å². The van der Waals surface area contributed by atoms with Crippen molar-refractivity contribution in [3.8, 4) is 5.75 Å². The minimum atomic E-state index is -1.10. The van der Waals surface area contributed by atoms with Gasteiger partial charge in [-0.15, -0.1) is 0 Å². The summed E-state index contributed by atoms with van der Waals surface area (Å²) in [6.07, 6.45) is 0. The van der Waals surface area contributed by atoms with Crippen LogP contribution in [-0.4, -0.2) is 11.1 Å². The molecule has 5 heteroatoms. The molecule has 98 valence electrons. The second-order valence-electron chi connectivity index (χ2n) is 3.83. The molecule has 0 saturated heterocycles. The Morgan fingerprint density at radius 2 is 1.89 bits per heavy atom. The van der Waals surface area contributed by atoms with Gasteiger partial charge in [-0.2, -0.15) is 0 Å². The normalized spacial score (nSPS) is 10.2. The molecule has 0 spiro atoms. The molecule has 0 fully saturated rings. The van der Waals surface area contributed by atoms with Crippen LogP contribution in [0.25, 0.3) is 0 Å². The monoisotopic (exact) mass is 264 g/mol. The van der Waals surface area contributed by atoms with Gasteiger partial charge in [-0.25, -0.2) is 13.6 Å². The van der Waals surface area contributed by atoms with E-state index in [1.165, 1.54) is 6.07 Å². The molecule has 0 atom stereocenters. The molecule has 0 aliphatic heterocycles. The first-order valence-corrected chi connectivity index (χ1v) is 5.47. The fraction of sp³-hybridized carbons (Fsp3) is 0.0714. The average molecular weight is 264 g/mol. The lowest BCUT2D eigenvalue weighted by atomic mass is 10.1. The van der Waals surface area contributed by atoms with Crippen LogP contribution in [0, 0.1) is 11.6 Å². The Morgan fingerprint density at radius 1 is 1.16 bits per heavy atom. The minimum absolute atomic E-state index is 0.0688.